The summed E-state index contributed by atoms with van der Waals surface area (Å²) in [4.78, 5) is 0. The van der Waals surface area contributed by atoms with Crippen molar-refractivity contribution in [1.82, 2.24) is 20.0 Å². The third-order valence-corrected chi connectivity index (χ3v) is 2.63. The summed E-state index contributed by atoms with van der Waals surface area (Å²) in [5.41, 5.74) is 8.38. The highest BCUT2D eigenvalue weighted by Gasteiger charge is 2.11. The minimum atomic E-state index is 0.627. The first-order valence-electron chi connectivity index (χ1n) is 4.99. The Morgan fingerprint density at radius 1 is 1.31 bits per heavy atom. The molecule has 0 radical (unpaired) electrons. The number of nitrogens with zero attached hydrogens (tertiary/aromatic N) is 3. The minimum Gasteiger partial charge on any atom is -0.384 e. The second-order valence-electron chi connectivity index (χ2n) is 3.70. The van der Waals surface area contributed by atoms with Crippen LogP contribution in [0.25, 0.3) is 22.3 Å². The third-order valence-electron chi connectivity index (χ3n) is 2.63. The number of anilines is 1. The van der Waals surface area contributed by atoms with Crippen molar-refractivity contribution in [3.8, 4) is 11.4 Å². The lowest BCUT2D eigenvalue weighted by atomic mass is 10.2. The summed E-state index contributed by atoms with van der Waals surface area (Å²) in [6.45, 7) is 0. The van der Waals surface area contributed by atoms with Gasteiger partial charge in [-0.25, -0.2) is 0 Å². The number of aryl methyl sites for hydroxylation is 1. The number of rotatable bonds is 1. The molecule has 0 bridgehead atoms. The average molecular weight is 213 g/mol. The molecule has 16 heavy (non-hydrogen) atoms. The second-order valence-corrected chi connectivity index (χ2v) is 3.70. The van der Waals surface area contributed by atoms with Crippen molar-refractivity contribution in [2.24, 2.45) is 7.05 Å². The van der Waals surface area contributed by atoms with Gasteiger partial charge in [-0.05, 0) is 6.07 Å². The number of para-hydroxylation sites is 1. The Morgan fingerprint density at radius 3 is 2.88 bits per heavy atom. The van der Waals surface area contributed by atoms with Gasteiger partial charge in [0.15, 0.2) is 0 Å². The second kappa shape index (κ2) is 3.10. The third kappa shape index (κ3) is 1.18. The van der Waals surface area contributed by atoms with E-state index in [0.717, 1.165) is 22.3 Å². The topological polar surface area (TPSA) is 72.5 Å². The normalized spacial score (nSPS) is 11.1. The molecule has 2 aromatic heterocycles. The molecule has 0 unspecified atom stereocenters. The number of hydrogen-bond donors (Lipinski definition) is 2. The molecular formula is C11H11N5. The molecule has 3 N–H and O–H groups in total. The molecular weight excluding hydrogens is 202 g/mol. The molecule has 0 aliphatic carbocycles. The number of hydrogen-bond acceptors (Lipinski definition) is 3. The summed E-state index contributed by atoms with van der Waals surface area (Å²) < 4.78 is 1.64. The standard InChI is InChI=1S/C11H11N5/c1-16-10(12)6-9(15-16)11-7-4-2-3-5-8(7)13-14-11/h2-6H,12H2,1H3,(H,13,14). The van der Waals surface area contributed by atoms with Gasteiger partial charge in [0, 0.05) is 18.5 Å². The SMILES string of the molecule is Cn1nc(-c2n[nH]c3ccccc23)cc1N. The zero-order chi connectivity index (χ0) is 11.1. The van der Waals surface area contributed by atoms with E-state index in [0.29, 0.717) is 5.82 Å². The van der Waals surface area contributed by atoms with Gasteiger partial charge >= 0.3 is 0 Å². The maximum Gasteiger partial charge on any atom is 0.122 e. The molecule has 0 atom stereocenters. The minimum absolute atomic E-state index is 0.627. The van der Waals surface area contributed by atoms with Gasteiger partial charge in [-0.1, -0.05) is 18.2 Å². The van der Waals surface area contributed by atoms with Crippen molar-refractivity contribution >= 4 is 16.7 Å². The molecule has 0 aliphatic rings. The fraction of sp³-hybridized carbons (Fsp3) is 0.0909. The van der Waals surface area contributed by atoms with E-state index in [1.807, 2.05) is 37.4 Å². The zero-order valence-electron chi connectivity index (χ0n) is 8.81. The summed E-state index contributed by atoms with van der Waals surface area (Å²) in [6, 6.07) is 9.77. The number of nitrogens with two attached hydrogens (primary N) is 1. The van der Waals surface area contributed by atoms with Crippen LogP contribution >= 0.6 is 0 Å². The smallest absolute Gasteiger partial charge is 0.122 e. The first kappa shape index (κ1) is 8.96. The molecule has 0 spiro atoms. The van der Waals surface area contributed by atoms with Crippen LogP contribution < -0.4 is 5.73 Å². The Balaban J connectivity index is 2.26. The summed E-state index contributed by atoms with van der Waals surface area (Å²) in [5, 5.41) is 12.6. The Bertz CT molecular complexity index is 630. The predicted octanol–water partition coefficient (Wildman–Crippen LogP) is 1.55. The van der Waals surface area contributed by atoms with Gasteiger partial charge in [0.2, 0.25) is 0 Å². The highest BCUT2D eigenvalue weighted by Crippen LogP contribution is 2.25. The number of aromatic nitrogens is 4. The molecule has 5 nitrogen and oxygen atoms in total. The number of nitrogens with one attached hydrogen (secondary N) is 1. The van der Waals surface area contributed by atoms with Crippen LogP contribution in [0.4, 0.5) is 5.82 Å². The molecule has 3 rings (SSSR count). The largest absolute Gasteiger partial charge is 0.384 e. The van der Waals surface area contributed by atoms with Crippen LogP contribution in [0.2, 0.25) is 0 Å². The number of H-pyrrole nitrogens is 1. The van der Waals surface area contributed by atoms with Crippen LogP contribution in [0.1, 0.15) is 0 Å². The first-order valence-corrected chi connectivity index (χ1v) is 4.99. The van der Waals surface area contributed by atoms with Gasteiger partial charge in [0.05, 0.1) is 5.52 Å². The molecule has 1 aromatic carbocycles. The van der Waals surface area contributed by atoms with E-state index in [1.165, 1.54) is 0 Å². The van der Waals surface area contributed by atoms with Crippen LogP contribution in [0.5, 0.6) is 0 Å². The Hall–Kier alpha value is -2.30. The molecule has 0 aliphatic heterocycles. The van der Waals surface area contributed by atoms with Gasteiger partial charge in [-0.2, -0.15) is 10.2 Å². The lowest BCUT2D eigenvalue weighted by Crippen LogP contribution is -1.96. The lowest BCUT2D eigenvalue weighted by Gasteiger charge is -1.91. The predicted molar refractivity (Wildman–Crippen MR) is 62.7 cm³/mol. The zero-order valence-corrected chi connectivity index (χ0v) is 8.81. The van der Waals surface area contributed by atoms with Gasteiger partial charge in [-0.3, -0.25) is 9.78 Å². The molecule has 5 heteroatoms. The maximum atomic E-state index is 5.75. The summed E-state index contributed by atoms with van der Waals surface area (Å²) in [5.74, 6) is 0.627. The molecule has 3 aromatic rings. The molecule has 0 saturated carbocycles. The van der Waals surface area contributed by atoms with Crippen molar-refractivity contribution in [3.05, 3.63) is 30.3 Å². The van der Waals surface area contributed by atoms with Gasteiger partial charge < -0.3 is 5.73 Å². The average Bonchev–Trinajstić information content (AvgIpc) is 2.83. The fourth-order valence-electron chi connectivity index (χ4n) is 1.76. The molecule has 80 valence electrons. The Labute approximate surface area is 91.9 Å². The van der Waals surface area contributed by atoms with E-state index in [4.69, 9.17) is 5.73 Å². The first-order chi connectivity index (χ1) is 7.75. The van der Waals surface area contributed by atoms with Crippen molar-refractivity contribution in [3.63, 3.8) is 0 Å². The maximum absolute atomic E-state index is 5.75. The van der Waals surface area contributed by atoms with E-state index >= 15 is 0 Å². The summed E-state index contributed by atoms with van der Waals surface area (Å²) in [6.07, 6.45) is 0. The fourth-order valence-corrected chi connectivity index (χ4v) is 1.76. The number of fused-ring (bicyclic) bond motifs is 1. The lowest BCUT2D eigenvalue weighted by molar-refractivity contribution is 0.781. The van der Waals surface area contributed by atoms with Gasteiger partial charge in [0.1, 0.15) is 17.2 Å². The van der Waals surface area contributed by atoms with E-state index < -0.39 is 0 Å². The Morgan fingerprint density at radius 2 is 2.12 bits per heavy atom. The van der Waals surface area contributed by atoms with E-state index in [1.54, 1.807) is 4.68 Å². The van der Waals surface area contributed by atoms with E-state index in [9.17, 15) is 0 Å². The van der Waals surface area contributed by atoms with Crippen LogP contribution in [-0.2, 0) is 7.05 Å². The Kier molecular flexibility index (Phi) is 1.73. The van der Waals surface area contributed by atoms with E-state index in [-0.39, 0.29) is 0 Å². The quantitative estimate of drug-likeness (QED) is 0.644. The molecule has 0 saturated heterocycles. The van der Waals surface area contributed by atoms with Gasteiger partial charge in [0.25, 0.3) is 0 Å². The molecule has 0 fully saturated rings. The highest BCUT2D eigenvalue weighted by molar-refractivity contribution is 5.92. The van der Waals surface area contributed by atoms with Crippen molar-refractivity contribution in [2.45, 2.75) is 0 Å². The van der Waals surface area contributed by atoms with Crippen molar-refractivity contribution in [1.29, 1.82) is 0 Å². The molecule has 0 amide bonds. The van der Waals surface area contributed by atoms with Crippen LogP contribution in [0.15, 0.2) is 30.3 Å². The number of aromatic amines is 1. The van der Waals surface area contributed by atoms with E-state index in [2.05, 4.69) is 15.3 Å². The monoisotopic (exact) mass is 213 g/mol. The summed E-state index contributed by atoms with van der Waals surface area (Å²) in [7, 11) is 1.81. The van der Waals surface area contributed by atoms with Crippen molar-refractivity contribution < 1.29 is 0 Å². The van der Waals surface area contributed by atoms with Crippen LogP contribution in [0.3, 0.4) is 0 Å². The number of nitrogen functional groups attached to an aromatic ring is 1. The van der Waals surface area contributed by atoms with Gasteiger partial charge in [-0.15, -0.1) is 0 Å². The molecule has 2 heterocycles. The van der Waals surface area contributed by atoms with Crippen LogP contribution in [0, 0.1) is 0 Å². The summed E-state index contributed by atoms with van der Waals surface area (Å²) >= 11 is 0. The highest BCUT2D eigenvalue weighted by atomic mass is 15.3. The number of benzene rings is 1. The van der Waals surface area contributed by atoms with Crippen LogP contribution in [-0.4, -0.2) is 20.0 Å². The van der Waals surface area contributed by atoms with Crippen molar-refractivity contribution in [2.75, 3.05) is 5.73 Å².